The molecule has 4 aromatic rings. The van der Waals surface area contributed by atoms with Gasteiger partial charge < -0.3 is 10.2 Å². The molecular weight excluding hydrogens is 563 g/mol. The molecule has 10 heteroatoms. The summed E-state index contributed by atoms with van der Waals surface area (Å²) in [5.41, 5.74) is 2.87. The number of pyridine rings is 1. The van der Waals surface area contributed by atoms with Crippen molar-refractivity contribution < 1.29 is 26.7 Å². The van der Waals surface area contributed by atoms with Crippen LogP contribution in [-0.2, 0) is 19.1 Å². The van der Waals surface area contributed by atoms with Crippen molar-refractivity contribution in [1.82, 2.24) is 14.7 Å². The molecule has 1 atom stereocenters. The second-order valence-corrected chi connectivity index (χ2v) is 10.4. The third kappa shape index (κ3) is 8.78. The van der Waals surface area contributed by atoms with E-state index in [1.165, 1.54) is 24.4 Å². The Kier molecular flexibility index (Phi) is 11.7. The predicted molar refractivity (Wildman–Crippen MR) is 160 cm³/mol. The van der Waals surface area contributed by atoms with Crippen molar-refractivity contribution in [1.29, 1.82) is 0 Å². The van der Waals surface area contributed by atoms with Gasteiger partial charge in [0.05, 0.1) is 11.3 Å². The molecule has 2 aromatic heterocycles. The lowest BCUT2D eigenvalue weighted by atomic mass is 10.1. The molecule has 1 N–H and O–H groups in total. The summed E-state index contributed by atoms with van der Waals surface area (Å²) in [6.45, 7) is 11.0. The molecule has 0 saturated carbocycles. The summed E-state index contributed by atoms with van der Waals surface area (Å²) in [4.78, 5) is 19.0. The number of amides is 1. The van der Waals surface area contributed by atoms with Crippen molar-refractivity contribution in [2.24, 2.45) is 0 Å². The lowest BCUT2D eigenvalue weighted by Gasteiger charge is -2.31. The van der Waals surface area contributed by atoms with E-state index in [1.54, 1.807) is 35.6 Å². The maximum absolute atomic E-state index is 13.6. The van der Waals surface area contributed by atoms with Gasteiger partial charge in [-0.25, -0.2) is 13.8 Å². The number of hydrogen-bond donors (Lipinski definition) is 1. The first kappa shape index (κ1) is 33.6. The fourth-order valence-electron chi connectivity index (χ4n) is 4.56. The topological polar surface area (TPSA) is 49.6 Å². The van der Waals surface area contributed by atoms with Gasteiger partial charge in [0, 0.05) is 37.1 Å². The van der Waals surface area contributed by atoms with Crippen LogP contribution in [0.4, 0.5) is 27.6 Å². The summed E-state index contributed by atoms with van der Waals surface area (Å²) in [7, 11) is 0. The van der Waals surface area contributed by atoms with E-state index < -0.39 is 17.6 Å². The molecule has 2 aromatic carbocycles. The van der Waals surface area contributed by atoms with E-state index in [0.717, 1.165) is 43.6 Å². The number of unbranched alkanes of at least 4 members (excludes halogenated alkanes) is 1. The normalized spacial score (nSPS) is 12.0. The number of benzene rings is 2. The van der Waals surface area contributed by atoms with Gasteiger partial charge in [-0.15, -0.1) is 0 Å². The van der Waals surface area contributed by atoms with E-state index in [0.29, 0.717) is 40.6 Å². The summed E-state index contributed by atoms with van der Waals surface area (Å²) in [5.74, 6) is -1.04. The highest BCUT2D eigenvalue weighted by Gasteiger charge is 2.30. The maximum Gasteiger partial charge on any atom is 0.416 e. The Hall–Kier alpha value is -3.95. The van der Waals surface area contributed by atoms with E-state index in [-0.39, 0.29) is 18.3 Å². The van der Waals surface area contributed by atoms with E-state index in [2.05, 4.69) is 36.0 Å². The van der Waals surface area contributed by atoms with Gasteiger partial charge in [-0.05, 0) is 80.6 Å². The highest BCUT2D eigenvalue weighted by molar-refractivity contribution is 5.94. The average molecular weight is 603 g/mol. The number of nitrogens with one attached hydrogen (secondary N) is 1. The minimum Gasteiger partial charge on any atom is -0.369 e. The number of rotatable bonds is 10. The molecule has 43 heavy (non-hydrogen) atoms. The Labute approximate surface area is 249 Å². The number of aryl methyl sites for hydroxylation is 2. The molecule has 0 unspecified atom stereocenters. The highest BCUT2D eigenvalue weighted by atomic mass is 19.4. The molecule has 0 spiro atoms. The number of carbonyl (C=O) groups excluding carboxylic acids is 1. The van der Waals surface area contributed by atoms with Gasteiger partial charge in [-0.3, -0.25) is 9.20 Å². The summed E-state index contributed by atoms with van der Waals surface area (Å²) in [5, 5.41) is 2.77. The summed E-state index contributed by atoms with van der Waals surface area (Å²) >= 11 is 0. The molecular formula is C33H39F5N4O. The van der Waals surface area contributed by atoms with Crippen LogP contribution in [0.3, 0.4) is 0 Å². The van der Waals surface area contributed by atoms with Crippen LogP contribution in [0, 0.1) is 18.6 Å². The number of hydrogen-bond acceptors (Lipinski definition) is 3. The Morgan fingerprint density at radius 2 is 1.72 bits per heavy atom. The monoisotopic (exact) mass is 602 g/mol. The Morgan fingerprint density at radius 3 is 2.30 bits per heavy atom. The largest absolute Gasteiger partial charge is 0.416 e. The smallest absolute Gasteiger partial charge is 0.369 e. The summed E-state index contributed by atoms with van der Waals surface area (Å²) < 4.78 is 66.1. The van der Waals surface area contributed by atoms with Crippen molar-refractivity contribution in [3.05, 3.63) is 101 Å². The van der Waals surface area contributed by atoms with Crippen molar-refractivity contribution in [2.75, 3.05) is 11.4 Å². The third-order valence-corrected chi connectivity index (χ3v) is 7.30. The van der Waals surface area contributed by atoms with Crippen LogP contribution in [0.2, 0.25) is 0 Å². The molecule has 0 saturated heterocycles. The minimum atomic E-state index is -4.26. The summed E-state index contributed by atoms with van der Waals surface area (Å²) in [6.07, 6.45) is 0.870. The predicted octanol–water partition coefficient (Wildman–Crippen LogP) is 8.52. The van der Waals surface area contributed by atoms with Gasteiger partial charge in [0.15, 0.2) is 0 Å². The molecule has 5 nitrogen and oxygen atoms in total. The third-order valence-electron chi connectivity index (χ3n) is 7.30. The molecule has 0 aliphatic rings. The Morgan fingerprint density at radius 1 is 1.02 bits per heavy atom. The van der Waals surface area contributed by atoms with Crippen LogP contribution in [0.15, 0.2) is 60.8 Å². The zero-order valence-electron chi connectivity index (χ0n) is 25.2. The molecule has 0 radical (unpaired) electrons. The van der Waals surface area contributed by atoms with Crippen LogP contribution in [-0.4, -0.2) is 27.9 Å². The van der Waals surface area contributed by atoms with Crippen LogP contribution in [0.25, 0.3) is 5.65 Å². The van der Waals surface area contributed by atoms with Gasteiger partial charge in [-0.2, -0.15) is 13.2 Å². The first-order valence-electron chi connectivity index (χ1n) is 14.5. The second-order valence-electron chi connectivity index (χ2n) is 10.4. The number of anilines is 1. The Balaban J connectivity index is 0.000000243. The van der Waals surface area contributed by atoms with Crippen LogP contribution in [0.1, 0.15) is 79.8 Å². The van der Waals surface area contributed by atoms with Crippen LogP contribution >= 0.6 is 0 Å². The number of fused-ring (bicyclic) bond motifs is 1. The fourth-order valence-corrected chi connectivity index (χ4v) is 4.56. The molecule has 0 fully saturated rings. The molecule has 0 aliphatic heterocycles. The minimum absolute atomic E-state index is 0.202. The van der Waals surface area contributed by atoms with E-state index in [9.17, 15) is 26.7 Å². The number of aromatic nitrogens is 2. The molecule has 0 aliphatic carbocycles. The lowest BCUT2D eigenvalue weighted by molar-refractivity contribution is -0.137. The van der Waals surface area contributed by atoms with Crippen molar-refractivity contribution >= 4 is 17.2 Å². The number of halogens is 5. The molecule has 4 rings (SSSR count). The molecule has 1 amide bonds. The standard InChI is InChI=1S/C18H17F2N3O.C15H22F3N/c1-3-15-17(23-7-6-13(19)9-16(23)22-15)18(24)21-10-12-5-4-11(2)14(20)8-12;1-4-6-11-19(12(3)5-2)14-9-7-13(8-10-14)15(16,17)18/h4-9H,3,10H2,1-2H3,(H,21,24);7-10,12H,4-6,11H2,1-3H3/t;12-/m.0/s1. The number of alkyl halides is 3. The first-order valence-corrected chi connectivity index (χ1v) is 14.5. The molecule has 0 bridgehead atoms. The SMILES string of the molecule is CCCCN(c1ccc(C(F)(F)F)cc1)[C@@H](C)CC.CCc1nc2cc(F)ccn2c1C(=O)NCc1ccc(C)c(F)c1. The van der Waals surface area contributed by atoms with Crippen LogP contribution < -0.4 is 10.2 Å². The quantitative estimate of drug-likeness (QED) is 0.185. The van der Waals surface area contributed by atoms with Gasteiger partial charge in [-0.1, -0.05) is 39.3 Å². The maximum atomic E-state index is 13.6. The van der Waals surface area contributed by atoms with E-state index in [1.807, 2.05) is 6.92 Å². The zero-order valence-corrected chi connectivity index (χ0v) is 25.2. The van der Waals surface area contributed by atoms with Gasteiger partial charge in [0.25, 0.3) is 5.91 Å². The van der Waals surface area contributed by atoms with Gasteiger partial charge in [0.2, 0.25) is 0 Å². The average Bonchev–Trinajstić information content (AvgIpc) is 3.35. The van der Waals surface area contributed by atoms with Crippen molar-refractivity contribution in [2.45, 2.75) is 79.1 Å². The van der Waals surface area contributed by atoms with Crippen molar-refractivity contribution in [3.63, 3.8) is 0 Å². The van der Waals surface area contributed by atoms with E-state index in [4.69, 9.17) is 0 Å². The number of carbonyl (C=O) groups is 1. The molecule has 2 heterocycles. The first-order chi connectivity index (χ1) is 20.4. The summed E-state index contributed by atoms with van der Waals surface area (Å²) in [6, 6.07) is 13.2. The highest BCUT2D eigenvalue weighted by Crippen LogP contribution is 2.31. The van der Waals surface area contributed by atoms with Crippen LogP contribution in [0.5, 0.6) is 0 Å². The number of nitrogens with zero attached hydrogens (tertiary/aromatic N) is 3. The van der Waals surface area contributed by atoms with Gasteiger partial charge >= 0.3 is 6.18 Å². The van der Waals surface area contributed by atoms with Crippen molar-refractivity contribution in [3.8, 4) is 0 Å². The zero-order chi connectivity index (χ0) is 31.7. The molecule has 232 valence electrons. The van der Waals surface area contributed by atoms with E-state index >= 15 is 0 Å². The lowest BCUT2D eigenvalue weighted by Crippen LogP contribution is -2.33. The Bertz CT molecular complexity index is 1500. The van der Waals surface area contributed by atoms with Gasteiger partial charge in [0.1, 0.15) is 23.0 Å². The number of imidazole rings is 1. The fraction of sp³-hybridized carbons (Fsp3) is 0.394. The second kappa shape index (κ2) is 15.0.